The highest BCUT2D eigenvalue weighted by Gasteiger charge is 2.32. The number of halogens is 3. The number of nitrogens with one attached hydrogen (secondary N) is 1. The van der Waals surface area contributed by atoms with Gasteiger partial charge in [0.1, 0.15) is 6.61 Å². The van der Waals surface area contributed by atoms with Crippen LogP contribution in [0.25, 0.3) is 0 Å². The van der Waals surface area contributed by atoms with E-state index in [1.54, 1.807) is 6.07 Å². The first-order chi connectivity index (χ1) is 10.0. The second kappa shape index (κ2) is 9.50. The number of benzene rings is 1. The van der Waals surface area contributed by atoms with Crippen molar-refractivity contribution in [1.29, 1.82) is 0 Å². The van der Waals surface area contributed by atoms with Crippen molar-refractivity contribution in [2.45, 2.75) is 39.0 Å². The van der Waals surface area contributed by atoms with E-state index in [1.807, 2.05) is 0 Å². The Balaban J connectivity index is 2.26. The van der Waals surface area contributed by atoms with E-state index in [9.17, 15) is 13.2 Å². The minimum absolute atomic E-state index is 0.0996. The summed E-state index contributed by atoms with van der Waals surface area (Å²) in [5.41, 5.74) is 0. The summed E-state index contributed by atoms with van der Waals surface area (Å²) in [5.74, 6) is -0.212. The monoisotopic (exact) mass is 305 g/mol. The molecule has 6 heteroatoms. The highest BCUT2D eigenvalue weighted by Crippen LogP contribution is 2.31. The molecule has 0 amide bonds. The van der Waals surface area contributed by atoms with Gasteiger partial charge in [-0.3, -0.25) is 0 Å². The van der Waals surface area contributed by atoms with Crippen LogP contribution >= 0.6 is 0 Å². The molecule has 0 aliphatic heterocycles. The lowest BCUT2D eigenvalue weighted by Crippen LogP contribution is -2.22. The Morgan fingerprint density at radius 1 is 1.00 bits per heavy atom. The molecule has 0 saturated carbocycles. The molecule has 0 unspecified atom stereocenters. The average molecular weight is 305 g/mol. The lowest BCUT2D eigenvalue weighted by atomic mass is 10.2. The molecule has 0 aliphatic carbocycles. The van der Waals surface area contributed by atoms with Gasteiger partial charge in [-0.15, -0.1) is 13.2 Å². The van der Waals surface area contributed by atoms with Crippen LogP contribution in [0.15, 0.2) is 24.3 Å². The number of hydrogen-bond donors (Lipinski definition) is 1. The second-order valence-corrected chi connectivity index (χ2v) is 4.65. The molecule has 0 atom stereocenters. The topological polar surface area (TPSA) is 30.5 Å². The van der Waals surface area contributed by atoms with E-state index in [0.717, 1.165) is 13.0 Å². The van der Waals surface area contributed by atoms with Gasteiger partial charge in [-0.25, -0.2) is 0 Å². The molecular weight excluding hydrogens is 283 g/mol. The molecule has 0 aliphatic rings. The molecule has 3 nitrogen and oxygen atoms in total. The third-order valence-corrected chi connectivity index (χ3v) is 2.82. The molecule has 0 heterocycles. The van der Waals surface area contributed by atoms with E-state index < -0.39 is 6.36 Å². The molecule has 21 heavy (non-hydrogen) atoms. The number of alkyl halides is 3. The maximum absolute atomic E-state index is 12.2. The van der Waals surface area contributed by atoms with Gasteiger partial charge in [-0.2, -0.15) is 0 Å². The average Bonchev–Trinajstić information content (AvgIpc) is 2.42. The Hall–Kier alpha value is -1.43. The number of hydrogen-bond acceptors (Lipinski definition) is 3. The Morgan fingerprint density at radius 2 is 1.71 bits per heavy atom. The standard InChI is InChI=1S/C15H22F3NO2/c1-2-3-4-7-10-19-11-12-20-13-8-5-6-9-14(13)21-15(16,17)18/h5-6,8-9,19H,2-4,7,10-12H2,1H3. The summed E-state index contributed by atoms with van der Waals surface area (Å²) in [5, 5.41) is 3.19. The van der Waals surface area contributed by atoms with Crippen molar-refractivity contribution >= 4 is 0 Å². The summed E-state index contributed by atoms with van der Waals surface area (Å²) in [6, 6.07) is 5.78. The van der Waals surface area contributed by atoms with Gasteiger partial charge < -0.3 is 14.8 Å². The van der Waals surface area contributed by atoms with E-state index in [2.05, 4.69) is 17.0 Å². The number of ether oxygens (including phenoxy) is 2. The largest absolute Gasteiger partial charge is 0.573 e. The summed E-state index contributed by atoms with van der Waals surface area (Å²) < 4.78 is 45.9. The molecule has 1 rings (SSSR count). The van der Waals surface area contributed by atoms with Gasteiger partial charge in [0.05, 0.1) is 0 Å². The third kappa shape index (κ3) is 8.45. The van der Waals surface area contributed by atoms with E-state index in [0.29, 0.717) is 13.2 Å². The first-order valence-corrected chi connectivity index (χ1v) is 7.21. The summed E-state index contributed by atoms with van der Waals surface area (Å²) in [4.78, 5) is 0. The fourth-order valence-electron chi connectivity index (χ4n) is 1.81. The molecule has 0 fully saturated rings. The second-order valence-electron chi connectivity index (χ2n) is 4.65. The van der Waals surface area contributed by atoms with Crippen LogP contribution in [0.1, 0.15) is 32.6 Å². The number of unbranched alkanes of at least 4 members (excludes halogenated alkanes) is 3. The molecular formula is C15H22F3NO2. The maximum atomic E-state index is 12.2. The van der Waals surface area contributed by atoms with Crippen molar-refractivity contribution in [2.75, 3.05) is 19.7 Å². The maximum Gasteiger partial charge on any atom is 0.573 e. The van der Waals surface area contributed by atoms with Crippen molar-refractivity contribution in [1.82, 2.24) is 5.32 Å². The molecule has 0 spiro atoms. The van der Waals surface area contributed by atoms with Gasteiger partial charge >= 0.3 is 6.36 Å². The minimum atomic E-state index is -4.71. The summed E-state index contributed by atoms with van der Waals surface area (Å²) >= 11 is 0. The molecule has 0 saturated heterocycles. The van der Waals surface area contributed by atoms with Crippen molar-refractivity contribution in [3.05, 3.63) is 24.3 Å². The zero-order valence-electron chi connectivity index (χ0n) is 12.2. The Morgan fingerprint density at radius 3 is 2.38 bits per heavy atom. The molecule has 0 aromatic heterocycles. The van der Waals surface area contributed by atoms with E-state index >= 15 is 0 Å². The van der Waals surface area contributed by atoms with Crippen LogP contribution in [0.4, 0.5) is 13.2 Å². The van der Waals surface area contributed by atoms with Gasteiger partial charge in [0.25, 0.3) is 0 Å². The molecule has 0 bridgehead atoms. The smallest absolute Gasteiger partial charge is 0.488 e. The summed E-state index contributed by atoms with van der Waals surface area (Å²) in [7, 11) is 0. The predicted octanol–water partition coefficient (Wildman–Crippen LogP) is 4.13. The van der Waals surface area contributed by atoms with Gasteiger partial charge in [0, 0.05) is 6.54 Å². The zero-order valence-corrected chi connectivity index (χ0v) is 12.2. The fourth-order valence-corrected chi connectivity index (χ4v) is 1.81. The highest BCUT2D eigenvalue weighted by molar-refractivity contribution is 5.39. The van der Waals surface area contributed by atoms with Crippen molar-refractivity contribution in [3.63, 3.8) is 0 Å². The van der Waals surface area contributed by atoms with Crippen molar-refractivity contribution < 1.29 is 22.6 Å². The van der Waals surface area contributed by atoms with Gasteiger partial charge in [-0.1, -0.05) is 38.3 Å². The number of rotatable bonds is 10. The third-order valence-electron chi connectivity index (χ3n) is 2.82. The first-order valence-electron chi connectivity index (χ1n) is 7.21. The summed E-state index contributed by atoms with van der Waals surface area (Å²) in [6.45, 7) is 3.93. The predicted molar refractivity (Wildman–Crippen MR) is 75.6 cm³/mol. The fraction of sp³-hybridized carbons (Fsp3) is 0.600. The van der Waals surface area contributed by atoms with Gasteiger partial charge in [0.15, 0.2) is 11.5 Å². The number of para-hydroxylation sites is 2. The van der Waals surface area contributed by atoms with Crippen molar-refractivity contribution in [3.8, 4) is 11.5 Å². The Bertz CT molecular complexity index is 397. The Labute approximate surface area is 123 Å². The van der Waals surface area contributed by atoms with Crippen LogP contribution in [-0.2, 0) is 0 Å². The highest BCUT2D eigenvalue weighted by atomic mass is 19.4. The Kier molecular flexibility index (Phi) is 7.97. The lowest BCUT2D eigenvalue weighted by molar-refractivity contribution is -0.275. The lowest BCUT2D eigenvalue weighted by Gasteiger charge is -2.14. The van der Waals surface area contributed by atoms with Crippen LogP contribution in [0.3, 0.4) is 0 Å². The van der Waals surface area contributed by atoms with Gasteiger partial charge in [-0.05, 0) is 25.1 Å². The van der Waals surface area contributed by atoms with E-state index in [1.165, 1.54) is 37.5 Å². The quantitative estimate of drug-likeness (QED) is 0.659. The first kappa shape index (κ1) is 17.6. The van der Waals surface area contributed by atoms with Crippen molar-refractivity contribution in [2.24, 2.45) is 0 Å². The molecule has 1 aromatic rings. The van der Waals surface area contributed by atoms with Crippen LogP contribution in [0, 0.1) is 0 Å². The van der Waals surface area contributed by atoms with E-state index in [-0.39, 0.29) is 11.5 Å². The molecule has 120 valence electrons. The normalized spacial score (nSPS) is 11.4. The zero-order chi connectivity index (χ0) is 15.6. The minimum Gasteiger partial charge on any atom is -0.488 e. The molecule has 1 N–H and O–H groups in total. The molecule has 0 radical (unpaired) electrons. The van der Waals surface area contributed by atoms with Gasteiger partial charge in [0.2, 0.25) is 0 Å². The van der Waals surface area contributed by atoms with Crippen LogP contribution < -0.4 is 14.8 Å². The SMILES string of the molecule is CCCCCCNCCOc1ccccc1OC(F)(F)F. The van der Waals surface area contributed by atoms with Crippen LogP contribution in [0.5, 0.6) is 11.5 Å². The summed E-state index contributed by atoms with van der Waals surface area (Å²) in [6.07, 6.45) is -0.00927. The van der Waals surface area contributed by atoms with Crippen LogP contribution in [-0.4, -0.2) is 26.1 Å². The van der Waals surface area contributed by atoms with Crippen LogP contribution in [0.2, 0.25) is 0 Å². The van der Waals surface area contributed by atoms with E-state index in [4.69, 9.17) is 4.74 Å². The molecule has 1 aromatic carbocycles.